The van der Waals surface area contributed by atoms with Gasteiger partial charge in [-0.2, -0.15) is 0 Å². The monoisotopic (exact) mass is 425 g/mol. The van der Waals surface area contributed by atoms with Crippen LogP contribution in [-0.4, -0.2) is 22.7 Å². The largest absolute Gasteiger partial charge is 0.443 e. The summed E-state index contributed by atoms with van der Waals surface area (Å²) in [5.74, 6) is -0.670. The molecule has 8 heteroatoms. The van der Waals surface area contributed by atoms with E-state index in [0.717, 1.165) is 11.0 Å². The first-order valence-electron chi connectivity index (χ1n) is 8.50. The number of hydrogen-bond acceptors (Lipinski definition) is 4. The van der Waals surface area contributed by atoms with Gasteiger partial charge >= 0.3 is 12.2 Å². The summed E-state index contributed by atoms with van der Waals surface area (Å²) in [6, 6.07) is 9.54. The minimum Gasteiger partial charge on any atom is -0.443 e. The van der Waals surface area contributed by atoms with Crippen molar-refractivity contribution in [3.8, 4) is 0 Å². The first-order chi connectivity index (χ1) is 13.1. The van der Waals surface area contributed by atoms with Gasteiger partial charge < -0.3 is 9.47 Å². The normalized spacial score (nSPS) is 19.5. The van der Waals surface area contributed by atoms with Crippen molar-refractivity contribution in [1.29, 1.82) is 0 Å². The Kier molecular flexibility index (Phi) is 5.55. The zero-order valence-corrected chi connectivity index (χ0v) is 16.9. The molecule has 5 nitrogen and oxygen atoms in total. The van der Waals surface area contributed by atoms with Crippen LogP contribution in [0, 0.1) is 5.82 Å². The standard InChI is InChI=1S/C20H18Cl2FNO4/c1-20(2,3)28-19(26)24-16(14-8-7-13(22)10-15(14)23)17(27-18(24)25)11-5-4-6-12(21)9-11/h4-10,16-17H,1-3H3/t16-,17-/m1/s1. The molecule has 2 aromatic carbocycles. The van der Waals surface area contributed by atoms with E-state index in [1.54, 1.807) is 45.0 Å². The minimum absolute atomic E-state index is 0.0751. The van der Waals surface area contributed by atoms with Crippen molar-refractivity contribution in [1.82, 2.24) is 4.90 Å². The molecule has 1 aliphatic heterocycles. The van der Waals surface area contributed by atoms with Crippen LogP contribution in [0.15, 0.2) is 42.5 Å². The Morgan fingerprint density at radius 1 is 1.14 bits per heavy atom. The second-order valence-corrected chi connectivity index (χ2v) is 8.19. The molecule has 1 heterocycles. The predicted molar refractivity (Wildman–Crippen MR) is 103 cm³/mol. The summed E-state index contributed by atoms with van der Waals surface area (Å²) in [6.07, 6.45) is -2.82. The topological polar surface area (TPSA) is 55.8 Å². The highest BCUT2D eigenvalue weighted by atomic mass is 35.5. The molecule has 28 heavy (non-hydrogen) atoms. The van der Waals surface area contributed by atoms with Gasteiger partial charge in [0.1, 0.15) is 17.5 Å². The lowest BCUT2D eigenvalue weighted by Gasteiger charge is -2.27. The van der Waals surface area contributed by atoms with Crippen molar-refractivity contribution in [2.75, 3.05) is 0 Å². The van der Waals surface area contributed by atoms with E-state index >= 15 is 0 Å². The third-order valence-electron chi connectivity index (χ3n) is 4.04. The van der Waals surface area contributed by atoms with E-state index in [4.69, 9.17) is 32.7 Å². The van der Waals surface area contributed by atoms with Gasteiger partial charge in [0.25, 0.3) is 0 Å². The van der Waals surface area contributed by atoms with Gasteiger partial charge in [0.2, 0.25) is 0 Å². The fourth-order valence-corrected chi connectivity index (χ4v) is 3.31. The number of carbonyl (C=O) groups is 2. The van der Waals surface area contributed by atoms with Crippen LogP contribution in [-0.2, 0) is 9.47 Å². The van der Waals surface area contributed by atoms with E-state index < -0.39 is 35.8 Å². The molecular formula is C20H18Cl2FNO4. The molecule has 1 saturated heterocycles. The average Bonchev–Trinajstić information content (AvgIpc) is 2.90. The summed E-state index contributed by atoms with van der Waals surface area (Å²) >= 11 is 11.9. The molecule has 2 atom stereocenters. The van der Waals surface area contributed by atoms with Crippen molar-refractivity contribution in [2.45, 2.75) is 38.5 Å². The zero-order chi connectivity index (χ0) is 20.6. The molecule has 3 rings (SSSR count). The second kappa shape index (κ2) is 7.60. The highest BCUT2D eigenvalue weighted by Crippen LogP contribution is 2.45. The van der Waals surface area contributed by atoms with Crippen LogP contribution >= 0.6 is 23.2 Å². The van der Waals surface area contributed by atoms with Crippen molar-refractivity contribution in [3.63, 3.8) is 0 Å². The molecular weight excluding hydrogens is 408 g/mol. The first kappa shape index (κ1) is 20.4. The molecule has 148 valence electrons. The molecule has 1 fully saturated rings. The number of amides is 2. The number of ether oxygens (including phenoxy) is 2. The lowest BCUT2D eigenvalue weighted by molar-refractivity contribution is 0.0283. The Labute approximate surface area is 171 Å². The molecule has 0 spiro atoms. The maximum atomic E-state index is 14.7. The molecule has 0 N–H and O–H groups in total. The van der Waals surface area contributed by atoms with Gasteiger partial charge in [-0.1, -0.05) is 41.4 Å². The molecule has 2 amide bonds. The quantitative estimate of drug-likeness (QED) is 0.566. The second-order valence-electron chi connectivity index (χ2n) is 7.32. The third kappa shape index (κ3) is 4.23. The van der Waals surface area contributed by atoms with Crippen LogP contribution in [0.4, 0.5) is 14.0 Å². The Morgan fingerprint density at radius 2 is 1.82 bits per heavy atom. The fraction of sp³-hybridized carbons (Fsp3) is 0.300. The number of hydrogen-bond donors (Lipinski definition) is 0. The lowest BCUT2D eigenvalue weighted by atomic mass is 9.95. The number of carbonyl (C=O) groups excluding carboxylic acids is 2. The van der Waals surface area contributed by atoms with Gasteiger partial charge in [-0.25, -0.2) is 18.9 Å². The predicted octanol–water partition coefficient (Wildman–Crippen LogP) is 6.30. The molecule has 0 aliphatic carbocycles. The number of benzene rings is 2. The summed E-state index contributed by atoms with van der Waals surface area (Å²) < 4.78 is 25.5. The Bertz CT molecular complexity index is 929. The zero-order valence-electron chi connectivity index (χ0n) is 15.4. The molecule has 1 aliphatic rings. The Hall–Kier alpha value is -2.31. The Morgan fingerprint density at radius 3 is 2.43 bits per heavy atom. The molecule has 0 saturated carbocycles. The summed E-state index contributed by atoms with van der Waals surface area (Å²) in [5.41, 5.74) is -0.258. The molecule has 0 unspecified atom stereocenters. The van der Waals surface area contributed by atoms with Crippen LogP contribution in [0.5, 0.6) is 0 Å². The van der Waals surface area contributed by atoms with E-state index in [1.165, 1.54) is 12.1 Å². The maximum Gasteiger partial charge on any atom is 0.420 e. The van der Waals surface area contributed by atoms with Crippen molar-refractivity contribution in [2.24, 2.45) is 0 Å². The van der Waals surface area contributed by atoms with E-state index in [-0.39, 0.29) is 10.6 Å². The summed E-state index contributed by atoms with van der Waals surface area (Å²) in [6.45, 7) is 5.00. The highest BCUT2D eigenvalue weighted by Gasteiger charge is 2.49. The fourth-order valence-electron chi connectivity index (χ4n) is 2.96. The minimum atomic E-state index is -1.09. The summed E-state index contributed by atoms with van der Waals surface area (Å²) in [7, 11) is 0. The summed E-state index contributed by atoms with van der Waals surface area (Å²) in [5, 5.41) is 0.606. The van der Waals surface area contributed by atoms with Crippen LogP contribution in [0.25, 0.3) is 0 Å². The van der Waals surface area contributed by atoms with E-state index in [1.807, 2.05) is 0 Å². The smallest absolute Gasteiger partial charge is 0.420 e. The SMILES string of the molecule is CC(C)(C)OC(=O)N1C(=O)O[C@H](c2cccc(Cl)c2)[C@H]1c1ccc(Cl)cc1F. The molecule has 2 aromatic rings. The van der Waals surface area contributed by atoms with E-state index in [9.17, 15) is 14.0 Å². The highest BCUT2D eigenvalue weighted by molar-refractivity contribution is 6.30. The van der Waals surface area contributed by atoms with Crippen LogP contribution < -0.4 is 0 Å². The van der Waals surface area contributed by atoms with Crippen molar-refractivity contribution >= 4 is 35.4 Å². The van der Waals surface area contributed by atoms with Crippen LogP contribution in [0.2, 0.25) is 10.0 Å². The van der Waals surface area contributed by atoms with Crippen LogP contribution in [0.1, 0.15) is 44.0 Å². The van der Waals surface area contributed by atoms with Gasteiger partial charge in [0, 0.05) is 15.6 Å². The number of imide groups is 1. The average molecular weight is 426 g/mol. The molecule has 0 aromatic heterocycles. The van der Waals surface area contributed by atoms with Gasteiger partial charge in [0.15, 0.2) is 6.10 Å². The number of cyclic esters (lactones) is 1. The van der Waals surface area contributed by atoms with Gasteiger partial charge in [-0.15, -0.1) is 0 Å². The summed E-state index contributed by atoms with van der Waals surface area (Å²) in [4.78, 5) is 26.0. The van der Waals surface area contributed by atoms with Gasteiger partial charge in [0.05, 0.1) is 0 Å². The van der Waals surface area contributed by atoms with Crippen molar-refractivity contribution < 1.29 is 23.5 Å². The molecule has 0 bridgehead atoms. The maximum absolute atomic E-state index is 14.7. The van der Waals surface area contributed by atoms with E-state index in [2.05, 4.69) is 0 Å². The lowest BCUT2D eigenvalue weighted by Crippen LogP contribution is -2.39. The molecule has 0 radical (unpaired) electrons. The van der Waals surface area contributed by atoms with Gasteiger partial charge in [-0.05, 0) is 50.6 Å². The number of rotatable bonds is 2. The van der Waals surface area contributed by atoms with Gasteiger partial charge in [-0.3, -0.25) is 0 Å². The third-order valence-corrected chi connectivity index (χ3v) is 4.51. The first-order valence-corrected chi connectivity index (χ1v) is 9.25. The number of halogens is 3. The van der Waals surface area contributed by atoms with E-state index in [0.29, 0.717) is 10.6 Å². The Balaban J connectivity index is 2.10. The number of nitrogens with zero attached hydrogens (tertiary/aromatic N) is 1. The van der Waals surface area contributed by atoms with Crippen molar-refractivity contribution in [3.05, 3.63) is 69.5 Å². The van der Waals surface area contributed by atoms with Crippen LogP contribution in [0.3, 0.4) is 0 Å².